The summed E-state index contributed by atoms with van der Waals surface area (Å²) in [6.07, 6.45) is -3.89. The summed E-state index contributed by atoms with van der Waals surface area (Å²) in [6.45, 7) is -3.48. The summed E-state index contributed by atoms with van der Waals surface area (Å²) in [5.74, 6) is -0.786. The number of rotatable bonds is 2. The van der Waals surface area contributed by atoms with Gasteiger partial charge in [-0.05, 0) is 5.56 Å². The van der Waals surface area contributed by atoms with Gasteiger partial charge in [0.25, 0.3) is 0 Å². The molecule has 124 valence electrons. The smallest absolute Gasteiger partial charge is 0.386 e. The van der Waals surface area contributed by atoms with Crippen LogP contribution in [0.5, 0.6) is 0 Å². The Morgan fingerprint density at radius 1 is 1.14 bits per heavy atom. The molecule has 0 aliphatic rings. The van der Waals surface area contributed by atoms with Crippen molar-refractivity contribution in [3.8, 4) is 0 Å². The van der Waals surface area contributed by atoms with Gasteiger partial charge in [-0.15, -0.1) is 0 Å². The second kappa shape index (κ2) is 16.1. The molecule has 0 aromatic heterocycles. The molecule has 1 aromatic carbocycles. The normalized spacial score (nSPS) is 9.24. The minimum atomic E-state index is -4.00. The van der Waals surface area contributed by atoms with E-state index in [0.29, 0.717) is 0 Å². The molecule has 1 N–H and O–H groups in total. The number of carbonyl (C=O) groups is 1. The fourth-order valence-electron chi connectivity index (χ4n) is 0.770. The molecule has 1 rings (SSSR count). The van der Waals surface area contributed by atoms with Crippen LogP contribution in [0, 0.1) is 0 Å². The standard InChI is InChI=1S/C8H8O2.C2H3F3.CHF3.I2/c9-8(10)6-7-4-2-1-3-5-7;1-2(3,4)5;2-1(3)4;1-2/h1-5H,6H2,(H,9,10);1H3;1H;. The summed E-state index contributed by atoms with van der Waals surface area (Å²) in [7, 11) is 0. The SMILES string of the molecule is CC(F)(F)F.FC(F)F.II.O=C(O)Cc1ccccc1. The maximum Gasteiger partial charge on any atom is 0.386 e. The number of halogens is 8. The van der Waals surface area contributed by atoms with Crippen molar-refractivity contribution < 1.29 is 36.2 Å². The van der Waals surface area contributed by atoms with Gasteiger partial charge >= 0.3 is 18.8 Å². The van der Waals surface area contributed by atoms with Crippen molar-refractivity contribution in [2.24, 2.45) is 0 Å². The highest BCUT2D eigenvalue weighted by molar-refractivity contribution is 15.0. The highest BCUT2D eigenvalue weighted by Crippen LogP contribution is 2.10. The van der Waals surface area contributed by atoms with E-state index < -0.39 is 18.8 Å². The van der Waals surface area contributed by atoms with E-state index in [9.17, 15) is 31.1 Å². The van der Waals surface area contributed by atoms with E-state index in [1.807, 2.05) is 18.2 Å². The van der Waals surface area contributed by atoms with Gasteiger partial charge in [0.2, 0.25) is 0 Å². The summed E-state index contributed by atoms with van der Waals surface area (Å²) in [4.78, 5) is 10.2. The van der Waals surface area contributed by atoms with Crippen LogP contribution in [0.4, 0.5) is 26.3 Å². The highest BCUT2D eigenvalue weighted by Gasteiger charge is 2.15. The van der Waals surface area contributed by atoms with Crippen molar-refractivity contribution in [3.63, 3.8) is 0 Å². The lowest BCUT2D eigenvalue weighted by Gasteiger charge is -1.92. The van der Waals surface area contributed by atoms with Gasteiger partial charge in [-0.1, -0.05) is 30.3 Å². The first-order valence-corrected chi connectivity index (χ1v) is 11.2. The van der Waals surface area contributed by atoms with Gasteiger partial charge < -0.3 is 5.11 Å². The summed E-state index contributed by atoms with van der Waals surface area (Å²) in [6, 6.07) is 9.13. The Balaban J connectivity index is -0.000000250. The maximum atomic E-state index is 10.4. The first-order chi connectivity index (χ1) is 9.52. The quantitative estimate of drug-likeness (QED) is 0.376. The molecule has 0 saturated heterocycles. The van der Waals surface area contributed by atoms with Crippen molar-refractivity contribution in [3.05, 3.63) is 35.9 Å². The molecule has 10 heteroatoms. The van der Waals surface area contributed by atoms with Gasteiger partial charge in [-0.3, -0.25) is 4.79 Å². The van der Waals surface area contributed by atoms with Crippen molar-refractivity contribution >= 4 is 43.2 Å². The predicted molar refractivity (Wildman–Crippen MR) is 84.7 cm³/mol. The predicted octanol–water partition coefficient (Wildman–Crippen LogP) is 5.83. The van der Waals surface area contributed by atoms with Crippen LogP contribution in [0.2, 0.25) is 0 Å². The summed E-state index contributed by atoms with van der Waals surface area (Å²) >= 11 is 4.24. The van der Waals surface area contributed by atoms with E-state index in [1.54, 1.807) is 12.1 Å². The molecule has 21 heavy (non-hydrogen) atoms. The van der Waals surface area contributed by atoms with E-state index in [2.05, 4.69) is 37.2 Å². The number of hydrogen-bond donors (Lipinski definition) is 1. The van der Waals surface area contributed by atoms with Gasteiger partial charge in [0.15, 0.2) is 0 Å². The number of carboxylic acids is 1. The zero-order valence-corrected chi connectivity index (χ0v) is 14.9. The average molecular weight is 544 g/mol. The molecule has 2 nitrogen and oxygen atoms in total. The minimum absolute atomic E-state index is 0.112. The number of aliphatic carboxylic acids is 1. The summed E-state index contributed by atoms with van der Waals surface area (Å²) < 4.78 is 60.1. The largest absolute Gasteiger partial charge is 0.481 e. The summed E-state index contributed by atoms with van der Waals surface area (Å²) in [5, 5.41) is 8.37. The average Bonchev–Trinajstić information content (AvgIpc) is 2.29. The molecule has 0 atom stereocenters. The Kier molecular flexibility index (Phi) is 19.7. The molecule has 0 fully saturated rings. The Morgan fingerprint density at radius 3 is 1.67 bits per heavy atom. The fourth-order valence-corrected chi connectivity index (χ4v) is 0.770. The van der Waals surface area contributed by atoms with Crippen LogP contribution in [0.15, 0.2) is 30.3 Å². The number of benzene rings is 1. The Hall–Kier alpha value is -0.270. The molecular weight excluding hydrogens is 532 g/mol. The molecule has 0 unspecified atom stereocenters. The lowest BCUT2D eigenvalue weighted by atomic mass is 10.2. The van der Waals surface area contributed by atoms with Gasteiger partial charge in [-0.25, -0.2) is 0 Å². The first kappa shape index (κ1) is 25.7. The molecule has 0 aliphatic heterocycles. The van der Waals surface area contributed by atoms with E-state index in [4.69, 9.17) is 5.11 Å². The third kappa shape index (κ3) is 45.1. The van der Waals surface area contributed by atoms with Crippen LogP contribution in [-0.4, -0.2) is 23.9 Å². The van der Waals surface area contributed by atoms with Crippen LogP contribution in [0.25, 0.3) is 0 Å². The second-order valence-electron chi connectivity index (χ2n) is 3.08. The van der Waals surface area contributed by atoms with Gasteiger partial charge in [-0.2, -0.15) is 26.3 Å². The van der Waals surface area contributed by atoms with Crippen molar-refractivity contribution in [1.82, 2.24) is 0 Å². The van der Waals surface area contributed by atoms with E-state index >= 15 is 0 Å². The second-order valence-corrected chi connectivity index (χ2v) is 3.08. The zero-order valence-electron chi connectivity index (χ0n) is 10.6. The number of carboxylic acid groups (broad SMARTS) is 1. The Bertz CT molecular complexity index is 338. The topological polar surface area (TPSA) is 37.3 Å². The fraction of sp³-hybridized carbons (Fsp3) is 0.364. The molecule has 1 aromatic rings. The molecule has 0 amide bonds. The third-order valence-corrected chi connectivity index (χ3v) is 1.20. The molecule has 0 heterocycles. The lowest BCUT2D eigenvalue weighted by molar-refractivity contribution is -0.136. The van der Waals surface area contributed by atoms with Crippen LogP contribution in [0.3, 0.4) is 0 Å². The Labute approximate surface area is 141 Å². The van der Waals surface area contributed by atoms with Gasteiger partial charge in [0.05, 0.1) is 6.42 Å². The monoisotopic (exact) mass is 544 g/mol. The number of hydrogen-bond acceptors (Lipinski definition) is 1. The van der Waals surface area contributed by atoms with E-state index in [0.717, 1.165) is 5.56 Å². The molecule has 0 bridgehead atoms. The van der Waals surface area contributed by atoms with Crippen molar-refractivity contribution in [1.29, 1.82) is 0 Å². The van der Waals surface area contributed by atoms with E-state index in [1.165, 1.54) is 0 Å². The van der Waals surface area contributed by atoms with Crippen molar-refractivity contribution in [2.75, 3.05) is 0 Å². The highest BCUT2D eigenvalue weighted by atomic mass is 128. The van der Waals surface area contributed by atoms with Crippen LogP contribution in [0.1, 0.15) is 12.5 Å². The first-order valence-electron chi connectivity index (χ1n) is 4.91. The molecule has 0 spiro atoms. The molecular formula is C11H12F6I2O2. The third-order valence-electron chi connectivity index (χ3n) is 1.20. The zero-order chi connectivity index (χ0) is 17.5. The molecule has 0 aliphatic carbocycles. The maximum absolute atomic E-state index is 10.4. The van der Waals surface area contributed by atoms with E-state index in [-0.39, 0.29) is 13.3 Å². The Morgan fingerprint density at radius 2 is 1.43 bits per heavy atom. The minimum Gasteiger partial charge on any atom is -0.481 e. The van der Waals surface area contributed by atoms with Crippen molar-refractivity contribution in [2.45, 2.75) is 26.2 Å². The van der Waals surface area contributed by atoms with Crippen LogP contribution >= 0.6 is 37.2 Å². The van der Waals surface area contributed by atoms with Gasteiger partial charge in [0.1, 0.15) is 0 Å². The number of alkyl halides is 6. The van der Waals surface area contributed by atoms with Crippen LogP contribution < -0.4 is 0 Å². The lowest BCUT2D eigenvalue weighted by Crippen LogP contribution is -1.98. The summed E-state index contributed by atoms with van der Waals surface area (Å²) in [5.41, 5.74) is 0.843. The molecule has 0 radical (unpaired) electrons. The van der Waals surface area contributed by atoms with Gasteiger partial charge in [0, 0.05) is 44.2 Å². The molecule has 0 saturated carbocycles. The van der Waals surface area contributed by atoms with Crippen LogP contribution in [-0.2, 0) is 11.2 Å².